The number of hydrogen-bond acceptors (Lipinski definition) is 5. The number of aliphatic hydroxyl groups is 1. The lowest BCUT2D eigenvalue weighted by atomic mass is 9.95. The predicted molar refractivity (Wildman–Crippen MR) is 93.5 cm³/mol. The Bertz CT molecular complexity index is 1090. The molecule has 1 N–H and O–H groups in total. The normalized spacial score (nSPS) is 16.7. The summed E-state index contributed by atoms with van der Waals surface area (Å²) in [5, 5.41) is 10.4. The molecule has 8 heteroatoms. The summed E-state index contributed by atoms with van der Waals surface area (Å²) < 4.78 is 33.3. The van der Waals surface area contributed by atoms with Gasteiger partial charge in [0.25, 0.3) is 5.91 Å². The highest BCUT2D eigenvalue weighted by molar-refractivity contribution is 6.20. The van der Waals surface area contributed by atoms with E-state index in [9.17, 15) is 23.5 Å². The molecule has 1 aliphatic rings. The van der Waals surface area contributed by atoms with Gasteiger partial charge in [0.15, 0.2) is 11.5 Å². The molecule has 1 unspecified atom stereocenters. The molecule has 0 bridgehead atoms. The van der Waals surface area contributed by atoms with Crippen LogP contribution in [0.2, 0.25) is 0 Å². The van der Waals surface area contributed by atoms with Crippen LogP contribution in [-0.2, 0) is 4.79 Å². The van der Waals surface area contributed by atoms with E-state index < -0.39 is 40.8 Å². The van der Waals surface area contributed by atoms with Gasteiger partial charge >= 0.3 is 0 Å². The second kappa shape index (κ2) is 6.73. The van der Waals surface area contributed by atoms with Crippen LogP contribution in [0.1, 0.15) is 22.2 Å². The van der Waals surface area contributed by atoms with Gasteiger partial charge in [-0.05, 0) is 42.0 Å². The van der Waals surface area contributed by atoms with Crippen LogP contribution < -0.4 is 4.90 Å². The highest BCUT2D eigenvalue weighted by Gasteiger charge is 2.46. The van der Waals surface area contributed by atoms with Gasteiger partial charge in [-0.3, -0.25) is 19.5 Å². The first-order valence-corrected chi connectivity index (χ1v) is 8.19. The number of benzene rings is 1. The van der Waals surface area contributed by atoms with E-state index in [1.165, 1.54) is 42.9 Å². The van der Waals surface area contributed by atoms with Gasteiger partial charge in [0, 0.05) is 18.5 Å². The van der Waals surface area contributed by atoms with Crippen molar-refractivity contribution in [2.75, 3.05) is 4.90 Å². The first-order valence-electron chi connectivity index (χ1n) is 8.19. The maximum Gasteiger partial charge on any atom is 0.294 e. The Morgan fingerprint density at radius 2 is 1.89 bits per heavy atom. The van der Waals surface area contributed by atoms with Gasteiger partial charge in [0.2, 0.25) is 5.78 Å². The number of aliphatic hydroxyl groups excluding tert-OH is 1. The lowest BCUT2D eigenvalue weighted by Gasteiger charge is -2.27. The molecular formula is C20H12F2N2O4. The third-order valence-corrected chi connectivity index (χ3v) is 4.39. The van der Waals surface area contributed by atoms with Crippen molar-refractivity contribution >= 4 is 17.4 Å². The van der Waals surface area contributed by atoms with Crippen LogP contribution in [0.25, 0.3) is 0 Å². The van der Waals surface area contributed by atoms with Gasteiger partial charge in [-0.25, -0.2) is 8.78 Å². The number of nitrogens with zero attached hydrogens (tertiary/aromatic N) is 2. The number of anilines is 1. The standard InChI is InChI=1S/C20H12F2N2O4/c21-12-3-4-13(22)14(10-12)24-17(11-5-7-23-8-6-11)16(19(26)20(24)27)18(25)15-2-1-9-28-15/h1-10,17,26H. The molecule has 2 aromatic heterocycles. The van der Waals surface area contributed by atoms with E-state index in [2.05, 4.69) is 4.98 Å². The maximum atomic E-state index is 14.4. The molecule has 0 radical (unpaired) electrons. The van der Waals surface area contributed by atoms with Crippen molar-refractivity contribution < 1.29 is 27.9 Å². The summed E-state index contributed by atoms with van der Waals surface area (Å²) in [6, 6.07) is 7.29. The number of amides is 1. The van der Waals surface area contributed by atoms with Crippen LogP contribution >= 0.6 is 0 Å². The van der Waals surface area contributed by atoms with E-state index in [1.54, 1.807) is 0 Å². The number of carbonyl (C=O) groups excluding carboxylic acids is 2. The fraction of sp³-hybridized carbons (Fsp3) is 0.0500. The molecule has 28 heavy (non-hydrogen) atoms. The van der Waals surface area contributed by atoms with Gasteiger partial charge in [-0.15, -0.1) is 0 Å². The molecule has 0 fully saturated rings. The quantitative estimate of drug-likeness (QED) is 0.695. The largest absolute Gasteiger partial charge is 0.503 e. The SMILES string of the molecule is O=C(C1=C(O)C(=O)N(c2cc(F)ccc2F)C1c1ccncc1)c1ccco1. The summed E-state index contributed by atoms with van der Waals surface area (Å²) in [6.45, 7) is 0. The first-order chi connectivity index (χ1) is 13.5. The van der Waals surface area contributed by atoms with Gasteiger partial charge in [-0.1, -0.05) is 0 Å². The van der Waals surface area contributed by atoms with Crippen molar-refractivity contribution in [2.45, 2.75) is 6.04 Å². The van der Waals surface area contributed by atoms with Crippen molar-refractivity contribution in [3.8, 4) is 0 Å². The molecule has 140 valence electrons. The van der Waals surface area contributed by atoms with E-state index in [4.69, 9.17) is 4.42 Å². The van der Waals surface area contributed by atoms with E-state index in [1.807, 2.05) is 0 Å². The third-order valence-electron chi connectivity index (χ3n) is 4.39. The average Bonchev–Trinajstić information content (AvgIpc) is 3.32. The Kier molecular flexibility index (Phi) is 4.23. The van der Waals surface area contributed by atoms with Crippen molar-refractivity contribution in [1.29, 1.82) is 0 Å². The van der Waals surface area contributed by atoms with Crippen molar-refractivity contribution in [3.05, 3.63) is 95.4 Å². The molecule has 1 amide bonds. The molecule has 0 spiro atoms. The van der Waals surface area contributed by atoms with Crippen LogP contribution in [-0.4, -0.2) is 21.8 Å². The molecule has 4 rings (SSSR count). The number of Topliss-reactive ketones (excluding diaryl/α,β-unsaturated/α-hetero) is 1. The molecule has 1 aromatic carbocycles. The number of pyridine rings is 1. The molecule has 0 saturated heterocycles. The maximum absolute atomic E-state index is 14.4. The summed E-state index contributed by atoms with van der Waals surface area (Å²) in [4.78, 5) is 30.4. The van der Waals surface area contributed by atoms with Crippen molar-refractivity contribution in [3.63, 3.8) is 0 Å². The van der Waals surface area contributed by atoms with E-state index in [0.29, 0.717) is 5.56 Å². The third kappa shape index (κ3) is 2.75. The molecule has 0 saturated carbocycles. The molecule has 0 aliphatic carbocycles. The Morgan fingerprint density at radius 3 is 2.57 bits per heavy atom. The van der Waals surface area contributed by atoms with Crippen LogP contribution in [0.4, 0.5) is 14.5 Å². The van der Waals surface area contributed by atoms with Crippen molar-refractivity contribution in [1.82, 2.24) is 4.98 Å². The summed E-state index contributed by atoms with van der Waals surface area (Å²) >= 11 is 0. The summed E-state index contributed by atoms with van der Waals surface area (Å²) in [5.41, 5.74) is -0.318. The molecule has 1 atom stereocenters. The number of hydrogen-bond donors (Lipinski definition) is 1. The van der Waals surface area contributed by atoms with Gasteiger partial charge in [0.1, 0.15) is 11.6 Å². The zero-order chi connectivity index (χ0) is 19.8. The molecular weight excluding hydrogens is 370 g/mol. The monoisotopic (exact) mass is 382 g/mol. The van der Waals surface area contributed by atoms with Crippen LogP contribution in [0.3, 0.4) is 0 Å². The van der Waals surface area contributed by atoms with Crippen LogP contribution in [0.15, 0.2) is 76.9 Å². The summed E-state index contributed by atoms with van der Waals surface area (Å²) in [7, 11) is 0. The first kappa shape index (κ1) is 17.6. The number of furan rings is 1. The Balaban J connectivity index is 1.92. The second-order valence-corrected chi connectivity index (χ2v) is 6.02. The predicted octanol–water partition coefficient (Wildman–Crippen LogP) is 3.74. The average molecular weight is 382 g/mol. The zero-order valence-corrected chi connectivity index (χ0v) is 14.2. The molecule has 1 aliphatic heterocycles. The van der Waals surface area contributed by atoms with Gasteiger partial charge < -0.3 is 9.52 Å². The highest BCUT2D eigenvalue weighted by Crippen LogP contribution is 2.42. The number of halogens is 2. The van der Waals surface area contributed by atoms with E-state index in [-0.39, 0.29) is 11.3 Å². The fourth-order valence-corrected chi connectivity index (χ4v) is 3.16. The summed E-state index contributed by atoms with van der Waals surface area (Å²) in [6.07, 6.45) is 4.11. The van der Waals surface area contributed by atoms with Gasteiger partial charge in [-0.2, -0.15) is 0 Å². The number of rotatable bonds is 4. The lowest BCUT2D eigenvalue weighted by molar-refractivity contribution is -0.117. The van der Waals surface area contributed by atoms with Crippen LogP contribution in [0, 0.1) is 11.6 Å². The minimum Gasteiger partial charge on any atom is -0.503 e. The molecule has 6 nitrogen and oxygen atoms in total. The molecule has 3 heterocycles. The molecule has 3 aromatic rings. The second-order valence-electron chi connectivity index (χ2n) is 6.02. The highest BCUT2D eigenvalue weighted by atomic mass is 19.1. The summed E-state index contributed by atoms with van der Waals surface area (Å²) in [5.74, 6) is -4.38. The number of carbonyl (C=O) groups is 2. The van der Waals surface area contributed by atoms with E-state index in [0.717, 1.165) is 23.1 Å². The lowest BCUT2D eigenvalue weighted by Crippen LogP contribution is -2.32. The smallest absolute Gasteiger partial charge is 0.294 e. The topological polar surface area (TPSA) is 83.6 Å². The van der Waals surface area contributed by atoms with E-state index >= 15 is 0 Å². The fourth-order valence-electron chi connectivity index (χ4n) is 3.16. The number of aromatic nitrogens is 1. The van der Waals surface area contributed by atoms with Crippen molar-refractivity contribution in [2.24, 2.45) is 0 Å². The zero-order valence-electron chi connectivity index (χ0n) is 14.2. The Morgan fingerprint density at radius 1 is 1.14 bits per heavy atom. The Labute approximate surface area is 157 Å². The van der Waals surface area contributed by atoms with Crippen LogP contribution in [0.5, 0.6) is 0 Å². The minimum atomic E-state index is -1.19. The van der Waals surface area contributed by atoms with Gasteiger partial charge in [0.05, 0.1) is 23.6 Å². The number of ketones is 1. The Hall–Kier alpha value is -3.81. The minimum absolute atomic E-state index is 0.102.